The van der Waals surface area contributed by atoms with Crippen LogP contribution < -0.4 is 0 Å². The van der Waals surface area contributed by atoms with E-state index in [2.05, 4.69) is 23.6 Å². The van der Waals surface area contributed by atoms with Gasteiger partial charge < -0.3 is 4.74 Å². The van der Waals surface area contributed by atoms with Gasteiger partial charge in [-0.2, -0.15) is 0 Å². The summed E-state index contributed by atoms with van der Waals surface area (Å²) in [7, 11) is 0. The molecule has 0 aliphatic carbocycles. The Morgan fingerprint density at radius 1 is 1.03 bits per heavy atom. The molecule has 5 rings (SSSR count). The number of morpholine rings is 1. The molecule has 6 nitrogen and oxygen atoms in total. The molecule has 0 unspecified atom stereocenters. The SMILES string of the molecule is C[C@H]1CN(C[C@@H]2CCCN2Cn2nc(-c3ccccc3)n(-c3ccc(F)cc3)c2=S)C[C@H](C)O1. The van der Waals surface area contributed by atoms with Crippen molar-refractivity contribution in [3.8, 4) is 17.1 Å². The molecular formula is C26H32FN5OS. The van der Waals surface area contributed by atoms with Crippen LogP contribution in [-0.2, 0) is 11.4 Å². The van der Waals surface area contributed by atoms with Crippen molar-refractivity contribution in [2.45, 2.75) is 51.6 Å². The first-order valence-corrected chi connectivity index (χ1v) is 12.5. The van der Waals surface area contributed by atoms with Gasteiger partial charge in [0.1, 0.15) is 5.82 Å². The van der Waals surface area contributed by atoms with Crippen molar-refractivity contribution in [2.24, 2.45) is 0 Å². The lowest BCUT2D eigenvalue weighted by Gasteiger charge is -2.38. The molecule has 2 aliphatic rings. The number of hydrogen-bond donors (Lipinski definition) is 0. The van der Waals surface area contributed by atoms with Crippen LogP contribution >= 0.6 is 12.2 Å². The molecule has 2 aliphatic heterocycles. The Bertz CT molecular complexity index is 1150. The van der Waals surface area contributed by atoms with E-state index in [-0.39, 0.29) is 18.0 Å². The summed E-state index contributed by atoms with van der Waals surface area (Å²) in [5.41, 5.74) is 1.79. The van der Waals surface area contributed by atoms with Gasteiger partial charge in [-0.3, -0.25) is 14.4 Å². The van der Waals surface area contributed by atoms with Gasteiger partial charge in [-0.1, -0.05) is 30.3 Å². The van der Waals surface area contributed by atoms with E-state index in [1.807, 2.05) is 39.6 Å². The molecule has 0 saturated carbocycles. The fourth-order valence-corrected chi connectivity index (χ4v) is 5.58. The van der Waals surface area contributed by atoms with Crippen LogP contribution in [0.5, 0.6) is 0 Å². The fraction of sp³-hybridized carbons (Fsp3) is 0.462. The molecule has 3 aromatic rings. The minimum Gasteiger partial charge on any atom is -0.373 e. The van der Waals surface area contributed by atoms with Crippen LogP contribution in [0.25, 0.3) is 17.1 Å². The van der Waals surface area contributed by atoms with Crippen LogP contribution in [-0.4, -0.2) is 68.6 Å². The van der Waals surface area contributed by atoms with Gasteiger partial charge in [0.05, 0.1) is 24.6 Å². The van der Waals surface area contributed by atoms with Crippen LogP contribution in [0.3, 0.4) is 0 Å². The van der Waals surface area contributed by atoms with Gasteiger partial charge in [0.2, 0.25) is 4.77 Å². The molecular weight excluding hydrogens is 449 g/mol. The Morgan fingerprint density at radius 3 is 2.44 bits per heavy atom. The zero-order valence-electron chi connectivity index (χ0n) is 19.8. The highest BCUT2D eigenvalue weighted by atomic mass is 32.1. The summed E-state index contributed by atoms with van der Waals surface area (Å²) >= 11 is 5.91. The Labute approximate surface area is 205 Å². The lowest BCUT2D eigenvalue weighted by atomic mass is 10.1. The molecule has 0 radical (unpaired) electrons. The Balaban J connectivity index is 1.42. The predicted molar refractivity (Wildman–Crippen MR) is 134 cm³/mol. The number of halogens is 1. The van der Waals surface area contributed by atoms with E-state index in [0.717, 1.165) is 43.3 Å². The van der Waals surface area contributed by atoms with Gasteiger partial charge in [0.15, 0.2) is 5.82 Å². The minimum absolute atomic E-state index is 0.268. The highest BCUT2D eigenvalue weighted by Crippen LogP contribution is 2.25. The Morgan fingerprint density at radius 2 is 1.74 bits per heavy atom. The number of aromatic nitrogens is 3. The summed E-state index contributed by atoms with van der Waals surface area (Å²) in [6, 6.07) is 16.9. The lowest BCUT2D eigenvalue weighted by molar-refractivity contribution is -0.0730. The average molecular weight is 482 g/mol. The molecule has 0 spiro atoms. The fourth-order valence-electron chi connectivity index (χ4n) is 5.29. The van der Waals surface area contributed by atoms with E-state index < -0.39 is 0 Å². The van der Waals surface area contributed by atoms with E-state index in [9.17, 15) is 4.39 Å². The molecule has 3 heterocycles. The molecule has 34 heavy (non-hydrogen) atoms. The number of nitrogens with zero attached hydrogens (tertiary/aromatic N) is 5. The van der Waals surface area contributed by atoms with Gasteiger partial charge in [-0.15, -0.1) is 5.10 Å². The van der Waals surface area contributed by atoms with Crippen molar-refractivity contribution < 1.29 is 9.13 Å². The summed E-state index contributed by atoms with van der Waals surface area (Å²) in [5.74, 6) is 0.499. The van der Waals surface area contributed by atoms with Gasteiger partial charge in [0, 0.05) is 37.8 Å². The topological polar surface area (TPSA) is 38.5 Å². The second-order valence-corrected chi connectivity index (χ2v) is 9.87. The van der Waals surface area contributed by atoms with Gasteiger partial charge >= 0.3 is 0 Å². The molecule has 0 bridgehead atoms. The second kappa shape index (κ2) is 10.1. The molecule has 0 N–H and O–H groups in total. The molecule has 2 saturated heterocycles. The number of hydrogen-bond acceptors (Lipinski definition) is 5. The minimum atomic E-state index is -0.268. The molecule has 180 valence electrons. The van der Waals surface area contributed by atoms with E-state index in [0.29, 0.717) is 17.5 Å². The summed E-state index contributed by atoms with van der Waals surface area (Å²) in [4.78, 5) is 5.03. The number of ether oxygens (including phenoxy) is 1. The summed E-state index contributed by atoms with van der Waals surface area (Å²) in [5, 5.41) is 4.95. The van der Waals surface area contributed by atoms with Crippen molar-refractivity contribution >= 4 is 12.2 Å². The van der Waals surface area contributed by atoms with E-state index in [1.165, 1.54) is 25.0 Å². The quantitative estimate of drug-likeness (QED) is 0.476. The maximum absolute atomic E-state index is 13.6. The molecule has 8 heteroatoms. The lowest BCUT2D eigenvalue weighted by Crippen LogP contribution is -2.50. The molecule has 1 aromatic heterocycles. The maximum atomic E-state index is 13.6. The summed E-state index contributed by atoms with van der Waals surface area (Å²) in [6.45, 7) is 8.98. The number of likely N-dealkylation sites (tertiary alicyclic amines) is 1. The Hall–Kier alpha value is -2.39. The van der Waals surface area contributed by atoms with Crippen LogP contribution in [0.2, 0.25) is 0 Å². The highest BCUT2D eigenvalue weighted by molar-refractivity contribution is 7.71. The zero-order valence-corrected chi connectivity index (χ0v) is 20.6. The van der Waals surface area contributed by atoms with Crippen molar-refractivity contribution in [3.63, 3.8) is 0 Å². The molecule has 0 amide bonds. The maximum Gasteiger partial charge on any atom is 0.204 e. The van der Waals surface area contributed by atoms with Crippen molar-refractivity contribution in [3.05, 3.63) is 65.2 Å². The predicted octanol–water partition coefficient (Wildman–Crippen LogP) is 4.74. The van der Waals surface area contributed by atoms with Crippen molar-refractivity contribution in [1.29, 1.82) is 0 Å². The third-order valence-electron chi connectivity index (χ3n) is 6.74. The second-order valence-electron chi connectivity index (χ2n) is 9.51. The molecule has 2 fully saturated rings. The van der Waals surface area contributed by atoms with E-state index in [4.69, 9.17) is 22.1 Å². The largest absolute Gasteiger partial charge is 0.373 e. The third kappa shape index (κ3) is 5.00. The smallest absolute Gasteiger partial charge is 0.204 e. The average Bonchev–Trinajstić information content (AvgIpc) is 3.38. The normalized spacial score (nSPS) is 24.0. The first-order chi connectivity index (χ1) is 16.5. The molecule has 3 atom stereocenters. The molecule has 2 aromatic carbocycles. The Kier molecular flexibility index (Phi) is 6.92. The van der Waals surface area contributed by atoms with Gasteiger partial charge in [-0.05, 0) is 63.2 Å². The van der Waals surface area contributed by atoms with Crippen molar-refractivity contribution in [2.75, 3.05) is 26.2 Å². The monoisotopic (exact) mass is 481 g/mol. The summed E-state index contributed by atoms with van der Waals surface area (Å²) in [6.07, 6.45) is 2.90. The number of rotatable bonds is 6. The van der Waals surface area contributed by atoms with Gasteiger partial charge in [0.25, 0.3) is 0 Å². The van der Waals surface area contributed by atoms with Gasteiger partial charge in [-0.25, -0.2) is 9.07 Å². The van der Waals surface area contributed by atoms with Crippen LogP contribution in [0.4, 0.5) is 4.39 Å². The third-order valence-corrected chi connectivity index (χ3v) is 7.13. The number of benzene rings is 2. The van der Waals surface area contributed by atoms with Crippen LogP contribution in [0.15, 0.2) is 54.6 Å². The van der Waals surface area contributed by atoms with E-state index in [1.54, 1.807) is 12.1 Å². The first-order valence-electron chi connectivity index (χ1n) is 12.1. The zero-order chi connectivity index (χ0) is 23.7. The first kappa shape index (κ1) is 23.4. The van der Waals surface area contributed by atoms with Crippen LogP contribution in [0.1, 0.15) is 26.7 Å². The standard InChI is InChI=1S/C26H32FN5OS/c1-19-15-29(16-20(2)33-19)17-24-9-6-14-30(24)18-31-26(34)32(23-12-10-22(27)11-13-23)25(28-31)21-7-4-3-5-8-21/h3-5,7-8,10-13,19-20,24H,6,9,14-18H2,1-2H3/t19-,20-,24-/m0/s1. The van der Waals surface area contributed by atoms with Crippen molar-refractivity contribution in [1.82, 2.24) is 24.1 Å². The van der Waals surface area contributed by atoms with E-state index >= 15 is 0 Å². The summed E-state index contributed by atoms with van der Waals surface area (Å²) < 4.78 is 24.0. The van der Waals surface area contributed by atoms with Crippen LogP contribution in [0, 0.1) is 10.6 Å². The highest BCUT2D eigenvalue weighted by Gasteiger charge is 2.30.